The van der Waals surface area contributed by atoms with E-state index in [4.69, 9.17) is 8.94 Å². The Morgan fingerprint density at radius 3 is 2.56 bits per heavy atom. The van der Waals surface area contributed by atoms with E-state index in [1.165, 1.54) is 12.5 Å². The van der Waals surface area contributed by atoms with Crippen LogP contribution in [0.15, 0.2) is 51.8 Å². The highest BCUT2D eigenvalue weighted by molar-refractivity contribution is 5.94. The summed E-state index contributed by atoms with van der Waals surface area (Å²) in [5, 5.41) is 4.87. The van der Waals surface area contributed by atoms with Gasteiger partial charge in [0.2, 0.25) is 5.91 Å². The Morgan fingerprint density at radius 1 is 1.04 bits per heavy atom. The second-order valence-electron chi connectivity index (χ2n) is 5.99. The van der Waals surface area contributed by atoms with Gasteiger partial charge in [-0.25, -0.2) is 0 Å². The SMILES string of the molecule is O=C(Cc1noc2ccccc12)N1CCN(C(=O)c2ccoc2)CC1. The molecule has 3 heterocycles. The number of amides is 2. The highest BCUT2D eigenvalue weighted by Gasteiger charge is 2.26. The highest BCUT2D eigenvalue weighted by atomic mass is 16.5. The molecule has 0 N–H and O–H groups in total. The van der Waals surface area contributed by atoms with Crippen LogP contribution in [0, 0.1) is 0 Å². The summed E-state index contributed by atoms with van der Waals surface area (Å²) in [6.45, 7) is 2.04. The minimum atomic E-state index is -0.0663. The molecule has 1 fully saturated rings. The van der Waals surface area contributed by atoms with Crippen molar-refractivity contribution >= 4 is 22.8 Å². The van der Waals surface area contributed by atoms with Crippen molar-refractivity contribution in [2.45, 2.75) is 6.42 Å². The van der Waals surface area contributed by atoms with Gasteiger partial charge in [0.1, 0.15) is 12.0 Å². The summed E-state index contributed by atoms with van der Waals surface area (Å²) in [6.07, 6.45) is 3.12. The molecule has 0 aliphatic carbocycles. The van der Waals surface area contributed by atoms with Gasteiger partial charge in [0.25, 0.3) is 5.91 Å². The summed E-state index contributed by atoms with van der Waals surface area (Å²) in [5.41, 5.74) is 1.87. The van der Waals surface area contributed by atoms with Crippen LogP contribution in [0.3, 0.4) is 0 Å². The molecule has 2 aromatic heterocycles. The molecular formula is C18H17N3O4. The van der Waals surface area contributed by atoms with Gasteiger partial charge in [0.15, 0.2) is 5.58 Å². The first-order chi connectivity index (χ1) is 12.2. The molecule has 0 saturated carbocycles. The number of hydrogen-bond donors (Lipinski definition) is 0. The Bertz CT molecular complexity index is 892. The predicted molar refractivity (Wildman–Crippen MR) is 88.9 cm³/mol. The van der Waals surface area contributed by atoms with E-state index in [1.807, 2.05) is 24.3 Å². The van der Waals surface area contributed by atoms with E-state index in [0.717, 1.165) is 5.39 Å². The maximum absolute atomic E-state index is 12.5. The minimum absolute atomic E-state index is 0.00513. The number of benzene rings is 1. The van der Waals surface area contributed by atoms with E-state index in [9.17, 15) is 9.59 Å². The number of piperazine rings is 1. The molecule has 7 nitrogen and oxygen atoms in total. The molecule has 1 aromatic carbocycles. The lowest BCUT2D eigenvalue weighted by molar-refractivity contribution is -0.132. The van der Waals surface area contributed by atoms with Crippen LogP contribution in [0.1, 0.15) is 16.1 Å². The summed E-state index contributed by atoms with van der Waals surface area (Å²) >= 11 is 0. The quantitative estimate of drug-likeness (QED) is 0.729. The van der Waals surface area contributed by atoms with Crippen molar-refractivity contribution in [3.8, 4) is 0 Å². The number of carbonyl (C=O) groups is 2. The fourth-order valence-corrected chi connectivity index (χ4v) is 3.05. The maximum atomic E-state index is 12.5. The van der Waals surface area contributed by atoms with E-state index >= 15 is 0 Å². The van der Waals surface area contributed by atoms with Crippen LogP contribution < -0.4 is 0 Å². The number of para-hydroxylation sites is 1. The molecule has 4 rings (SSSR count). The zero-order valence-electron chi connectivity index (χ0n) is 13.6. The predicted octanol–water partition coefficient (Wildman–Crippen LogP) is 1.95. The first kappa shape index (κ1) is 15.4. The summed E-state index contributed by atoms with van der Waals surface area (Å²) in [4.78, 5) is 28.3. The average Bonchev–Trinajstić information content (AvgIpc) is 3.32. The summed E-state index contributed by atoms with van der Waals surface area (Å²) in [7, 11) is 0. The first-order valence-corrected chi connectivity index (χ1v) is 8.15. The van der Waals surface area contributed by atoms with Gasteiger partial charge in [-0.1, -0.05) is 17.3 Å². The Labute approximate surface area is 143 Å². The highest BCUT2D eigenvalue weighted by Crippen LogP contribution is 2.19. The standard InChI is InChI=1S/C18H17N3O4/c22-17(11-15-14-3-1-2-4-16(14)25-19-15)20-6-8-21(9-7-20)18(23)13-5-10-24-12-13/h1-5,10,12H,6-9,11H2. The second-order valence-corrected chi connectivity index (χ2v) is 5.99. The van der Waals surface area contributed by atoms with Gasteiger partial charge in [-0.2, -0.15) is 0 Å². The van der Waals surface area contributed by atoms with Gasteiger partial charge in [0.05, 0.1) is 18.2 Å². The zero-order chi connectivity index (χ0) is 17.2. The third-order valence-electron chi connectivity index (χ3n) is 4.46. The number of aromatic nitrogens is 1. The molecule has 1 aliphatic heterocycles. The summed E-state index contributed by atoms with van der Waals surface area (Å²) in [5.74, 6) is -0.0715. The van der Waals surface area contributed by atoms with Crippen LogP contribution in [0.5, 0.6) is 0 Å². The average molecular weight is 339 g/mol. The molecule has 0 unspecified atom stereocenters. The van der Waals surface area contributed by atoms with E-state index in [0.29, 0.717) is 43.0 Å². The van der Waals surface area contributed by atoms with Crippen molar-refractivity contribution in [3.05, 3.63) is 54.1 Å². The molecule has 0 atom stereocenters. The van der Waals surface area contributed by atoms with Gasteiger partial charge in [-0.3, -0.25) is 9.59 Å². The van der Waals surface area contributed by atoms with E-state index in [1.54, 1.807) is 15.9 Å². The smallest absolute Gasteiger partial charge is 0.257 e. The van der Waals surface area contributed by atoms with Crippen molar-refractivity contribution < 1.29 is 18.5 Å². The largest absolute Gasteiger partial charge is 0.472 e. The number of rotatable bonds is 3. The van der Waals surface area contributed by atoms with E-state index in [-0.39, 0.29) is 18.2 Å². The molecule has 1 aliphatic rings. The number of nitrogens with zero attached hydrogens (tertiary/aromatic N) is 3. The summed E-state index contributed by atoms with van der Waals surface area (Å²) < 4.78 is 10.2. The van der Waals surface area contributed by atoms with Crippen LogP contribution in [0.4, 0.5) is 0 Å². The van der Waals surface area contributed by atoms with Crippen molar-refractivity contribution in [2.24, 2.45) is 0 Å². The van der Waals surface area contributed by atoms with Gasteiger partial charge >= 0.3 is 0 Å². The molecule has 3 aromatic rings. The van der Waals surface area contributed by atoms with E-state index in [2.05, 4.69) is 5.16 Å². The van der Waals surface area contributed by atoms with Gasteiger partial charge in [0, 0.05) is 31.6 Å². The van der Waals surface area contributed by atoms with Crippen molar-refractivity contribution in [2.75, 3.05) is 26.2 Å². The topological polar surface area (TPSA) is 79.8 Å². The Balaban J connectivity index is 1.37. The van der Waals surface area contributed by atoms with Crippen LogP contribution >= 0.6 is 0 Å². The van der Waals surface area contributed by atoms with Crippen LogP contribution in [-0.4, -0.2) is 52.9 Å². The molecule has 0 spiro atoms. The lowest BCUT2D eigenvalue weighted by Crippen LogP contribution is -2.51. The first-order valence-electron chi connectivity index (χ1n) is 8.15. The number of furan rings is 1. The number of carbonyl (C=O) groups excluding carboxylic acids is 2. The van der Waals surface area contributed by atoms with Crippen LogP contribution in [-0.2, 0) is 11.2 Å². The van der Waals surface area contributed by atoms with Gasteiger partial charge in [-0.05, 0) is 18.2 Å². The minimum Gasteiger partial charge on any atom is -0.472 e. The van der Waals surface area contributed by atoms with Crippen molar-refractivity contribution in [1.82, 2.24) is 15.0 Å². The molecule has 128 valence electrons. The fourth-order valence-electron chi connectivity index (χ4n) is 3.05. The monoisotopic (exact) mass is 339 g/mol. The Morgan fingerprint density at radius 2 is 1.80 bits per heavy atom. The van der Waals surface area contributed by atoms with Crippen molar-refractivity contribution in [1.29, 1.82) is 0 Å². The molecule has 0 bridgehead atoms. The summed E-state index contributed by atoms with van der Waals surface area (Å²) in [6, 6.07) is 9.14. The second kappa shape index (κ2) is 6.43. The molecule has 1 saturated heterocycles. The lowest BCUT2D eigenvalue weighted by atomic mass is 10.1. The third-order valence-corrected chi connectivity index (χ3v) is 4.46. The van der Waals surface area contributed by atoms with Crippen molar-refractivity contribution in [3.63, 3.8) is 0 Å². The fraction of sp³-hybridized carbons (Fsp3) is 0.278. The van der Waals surface area contributed by atoms with Crippen LogP contribution in [0.2, 0.25) is 0 Å². The number of hydrogen-bond acceptors (Lipinski definition) is 5. The molecular weight excluding hydrogens is 322 g/mol. The van der Waals surface area contributed by atoms with E-state index < -0.39 is 0 Å². The molecule has 0 radical (unpaired) electrons. The normalized spacial score (nSPS) is 14.9. The van der Waals surface area contributed by atoms with Crippen LogP contribution in [0.25, 0.3) is 11.0 Å². The zero-order valence-corrected chi connectivity index (χ0v) is 13.6. The molecule has 2 amide bonds. The number of fused-ring (bicyclic) bond motifs is 1. The Kier molecular flexibility index (Phi) is 3.97. The maximum Gasteiger partial charge on any atom is 0.257 e. The Hall–Kier alpha value is -3.09. The van der Waals surface area contributed by atoms with Gasteiger partial charge < -0.3 is 18.7 Å². The molecule has 7 heteroatoms. The van der Waals surface area contributed by atoms with Gasteiger partial charge in [-0.15, -0.1) is 0 Å². The lowest BCUT2D eigenvalue weighted by Gasteiger charge is -2.34. The third kappa shape index (κ3) is 3.00. The molecule has 25 heavy (non-hydrogen) atoms.